The molecule has 0 fully saturated rings. The second-order valence-corrected chi connectivity index (χ2v) is 3.50. The number of benzene rings is 1. The molecule has 0 unspecified atom stereocenters. The molecule has 0 radical (unpaired) electrons. The molecule has 1 aromatic carbocycles. The Morgan fingerprint density at radius 3 is 2.57 bits per heavy atom. The van der Waals surface area contributed by atoms with E-state index in [1.807, 2.05) is 26.0 Å². The maximum absolute atomic E-state index is 5.55. The fourth-order valence-electron chi connectivity index (χ4n) is 1.37. The van der Waals surface area contributed by atoms with Gasteiger partial charge >= 0.3 is 5.35 Å². The van der Waals surface area contributed by atoms with E-state index in [-0.39, 0.29) is 5.35 Å². The molecule has 3 nitrogen and oxygen atoms in total. The van der Waals surface area contributed by atoms with E-state index in [1.165, 1.54) is 5.56 Å². The van der Waals surface area contributed by atoms with E-state index >= 15 is 0 Å². The number of nitrogens with zero attached hydrogens (tertiary/aromatic N) is 2. The molecule has 0 saturated heterocycles. The number of halogens is 1. The Bertz CT molecular complexity index is 465. The van der Waals surface area contributed by atoms with E-state index in [9.17, 15) is 0 Å². The highest BCUT2D eigenvalue weighted by molar-refractivity contribution is 6.27. The first-order chi connectivity index (χ1) is 6.66. The molecular weight excluding hydrogens is 200 g/mol. The van der Waals surface area contributed by atoms with Crippen LogP contribution in [0.1, 0.15) is 11.1 Å². The van der Waals surface area contributed by atoms with Crippen molar-refractivity contribution in [2.24, 2.45) is 0 Å². The maximum atomic E-state index is 5.55. The summed E-state index contributed by atoms with van der Waals surface area (Å²) in [5.41, 5.74) is 3.23. The van der Waals surface area contributed by atoms with Crippen LogP contribution < -0.4 is 0 Å². The van der Waals surface area contributed by atoms with E-state index in [2.05, 4.69) is 16.3 Å². The van der Waals surface area contributed by atoms with Crippen molar-refractivity contribution in [3.8, 4) is 11.5 Å². The molecule has 2 aromatic rings. The van der Waals surface area contributed by atoms with Gasteiger partial charge in [-0.05, 0) is 37.1 Å². The molecule has 0 amide bonds. The van der Waals surface area contributed by atoms with Crippen LogP contribution in [0.5, 0.6) is 0 Å². The average Bonchev–Trinajstić information content (AvgIpc) is 2.51. The first kappa shape index (κ1) is 9.21. The van der Waals surface area contributed by atoms with Crippen molar-refractivity contribution in [1.29, 1.82) is 0 Å². The molecule has 72 valence electrons. The summed E-state index contributed by atoms with van der Waals surface area (Å²) in [6, 6.07) is 6.02. The van der Waals surface area contributed by atoms with Gasteiger partial charge < -0.3 is 4.42 Å². The van der Waals surface area contributed by atoms with Crippen molar-refractivity contribution in [3.63, 3.8) is 0 Å². The van der Waals surface area contributed by atoms with Crippen molar-refractivity contribution >= 4 is 11.6 Å². The lowest BCUT2D eigenvalue weighted by molar-refractivity contribution is 0.570. The van der Waals surface area contributed by atoms with Crippen LogP contribution in [-0.4, -0.2) is 10.2 Å². The van der Waals surface area contributed by atoms with Crippen LogP contribution in [0.4, 0.5) is 0 Å². The summed E-state index contributed by atoms with van der Waals surface area (Å²) < 4.78 is 5.13. The maximum Gasteiger partial charge on any atom is 0.313 e. The van der Waals surface area contributed by atoms with Crippen molar-refractivity contribution in [2.75, 3.05) is 0 Å². The van der Waals surface area contributed by atoms with Crippen LogP contribution in [0.25, 0.3) is 11.5 Å². The minimum atomic E-state index is 0.0694. The monoisotopic (exact) mass is 208 g/mol. The molecule has 0 aliphatic rings. The third-order valence-corrected chi connectivity index (χ3v) is 2.17. The highest BCUT2D eigenvalue weighted by Crippen LogP contribution is 2.23. The van der Waals surface area contributed by atoms with Crippen molar-refractivity contribution in [1.82, 2.24) is 10.2 Å². The molecule has 0 spiro atoms. The molecule has 2 rings (SSSR count). The first-order valence-electron chi connectivity index (χ1n) is 4.23. The third kappa shape index (κ3) is 1.63. The van der Waals surface area contributed by atoms with Crippen LogP contribution in [-0.2, 0) is 0 Å². The standard InChI is InChI=1S/C10H9ClN2O/c1-6-3-4-8(7(2)5-6)9-12-13-10(11)14-9/h3-5H,1-2H3. The Morgan fingerprint density at radius 2 is 2.00 bits per heavy atom. The van der Waals surface area contributed by atoms with Gasteiger partial charge in [0.05, 0.1) is 0 Å². The smallest absolute Gasteiger partial charge is 0.313 e. The summed E-state index contributed by atoms with van der Waals surface area (Å²) in [7, 11) is 0. The third-order valence-electron chi connectivity index (χ3n) is 2.01. The van der Waals surface area contributed by atoms with Gasteiger partial charge in [-0.25, -0.2) is 0 Å². The Morgan fingerprint density at radius 1 is 1.21 bits per heavy atom. The summed E-state index contributed by atoms with van der Waals surface area (Å²) in [5.74, 6) is 0.465. The number of rotatable bonds is 1. The minimum Gasteiger partial charge on any atom is -0.407 e. The Labute approximate surface area is 86.7 Å². The first-order valence-corrected chi connectivity index (χ1v) is 4.61. The largest absolute Gasteiger partial charge is 0.407 e. The highest BCUT2D eigenvalue weighted by Gasteiger charge is 2.08. The van der Waals surface area contributed by atoms with Crippen LogP contribution in [0.3, 0.4) is 0 Å². The predicted molar refractivity (Wildman–Crippen MR) is 54.2 cm³/mol. The van der Waals surface area contributed by atoms with Gasteiger partial charge in [0.25, 0.3) is 0 Å². The number of aryl methyl sites for hydroxylation is 2. The van der Waals surface area contributed by atoms with Crippen molar-refractivity contribution in [2.45, 2.75) is 13.8 Å². The zero-order valence-electron chi connectivity index (χ0n) is 7.91. The zero-order valence-corrected chi connectivity index (χ0v) is 8.67. The lowest BCUT2D eigenvalue weighted by Gasteiger charge is -2.01. The highest BCUT2D eigenvalue weighted by atomic mass is 35.5. The quantitative estimate of drug-likeness (QED) is 0.723. The fourth-order valence-corrected chi connectivity index (χ4v) is 1.48. The van der Waals surface area contributed by atoms with E-state index in [4.69, 9.17) is 16.0 Å². The SMILES string of the molecule is Cc1ccc(-c2nnc(Cl)o2)c(C)c1. The Balaban J connectivity index is 2.52. The molecule has 0 N–H and O–H groups in total. The van der Waals surface area contributed by atoms with Gasteiger partial charge in [0.1, 0.15) is 0 Å². The van der Waals surface area contributed by atoms with Crippen LogP contribution >= 0.6 is 11.6 Å². The Hall–Kier alpha value is -1.35. The van der Waals surface area contributed by atoms with Crippen LogP contribution in [0, 0.1) is 13.8 Å². The molecule has 0 atom stereocenters. The second-order valence-electron chi connectivity index (χ2n) is 3.18. The lowest BCUT2D eigenvalue weighted by atomic mass is 10.1. The van der Waals surface area contributed by atoms with Crippen LogP contribution in [0.15, 0.2) is 22.6 Å². The normalized spacial score (nSPS) is 10.5. The van der Waals surface area contributed by atoms with Gasteiger partial charge in [-0.2, -0.15) is 0 Å². The molecule has 1 heterocycles. The summed E-state index contributed by atoms with van der Waals surface area (Å²) in [4.78, 5) is 0. The predicted octanol–water partition coefficient (Wildman–Crippen LogP) is 3.01. The van der Waals surface area contributed by atoms with E-state index in [0.29, 0.717) is 5.89 Å². The summed E-state index contributed by atoms with van der Waals surface area (Å²) >= 11 is 5.55. The van der Waals surface area contributed by atoms with Crippen LogP contribution in [0.2, 0.25) is 5.35 Å². The summed E-state index contributed by atoms with van der Waals surface area (Å²) in [6.45, 7) is 4.04. The molecule has 4 heteroatoms. The van der Waals surface area contributed by atoms with Gasteiger partial charge in [0.2, 0.25) is 5.89 Å². The van der Waals surface area contributed by atoms with Gasteiger partial charge in [-0.1, -0.05) is 22.8 Å². The van der Waals surface area contributed by atoms with Crippen molar-refractivity contribution in [3.05, 3.63) is 34.7 Å². The topological polar surface area (TPSA) is 38.9 Å². The van der Waals surface area contributed by atoms with Gasteiger partial charge in [-0.15, -0.1) is 5.10 Å². The molecule has 1 aromatic heterocycles. The lowest BCUT2D eigenvalue weighted by Crippen LogP contribution is -1.84. The minimum absolute atomic E-state index is 0.0694. The fraction of sp³-hybridized carbons (Fsp3) is 0.200. The van der Waals surface area contributed by atoms with E-state index in [0.717, 1.165) is 11.1 Å². The summed E-state index contributed by atoms with van der Waals surface area (Å²) in [5, 5.41) is 7.50. The average molecular weight is 209 g/mol. The molecule has 0 aliphatic carbocycles. The van der Waals surface area contributed by atoms with Gasteiger partial charge in [-0.3, -0.25) is 0 Å². The van der Waals surface area contributed by atoms with Crippen molar-refractivity contribution < 1.29 is 4.42 Å². The van der Waals surface area contributed by atoms with E-state index in [1.54, 1.807) is 0 Å². The van der Waals surface area contributed by atoms with E-state index < -0.39 is 0 Å². The number of aromatic nitrogens is 2. The molecule has 0 aliphatic heterocycles. The Kier molecular flexibility index (Phi) is 2.25. The van der Waals surface area contributed by atoms with Gasteiger partial charge in [0.15, 0.2) is 0 Å². The number of hydrogen-bond donors (Lipinski definition) is 0. The van der Waals surface area contributed by atoms with Gasteiger partial charge in [0, 0.05) is 5.56 Å². The molecule has 14 heavy (non-hydrogen) atoms. The number of hydrogen-bond acceptors (Lipinski definition) is 3. The zero-order chi connectivity index (χ0) is 10.1. The summed E-state index contributed by atoms with van der Waals surface area (Å²) in [6.07, 6.45) is 0. The molecule has 0 saturated carbocycles. The second kappa shape index (κ2) is 3.42. The molecular formula is C10H9ClN2O. The molecule has 0 bridgehead atoms.